The number of hydrogen-bond acceptors (Lipinski definition) is 3. The molecular weight excluding hydrogens is 235 g/mol. The summed E-state index contributed by atoms with van der Waals surface area (Å²) in [4.78, 5) is 13.4. The predicted molar refractivity (Wildman–Crippen MR) is 56.7 cm³/mol. The van der Waals surface area contributed by atoms with Crippen LogP contribution >= 0.6 is 0 Å². The van der Waals surface area contributed by atoms with Crippen LogP contribution in [0.2, 0.25) is 0 Å². The van der Waals surface area contributed by atoms with E-state index >= 15 is 0 Å². The molecule has 1 fully saturated rings. The van der Waals surface area contributed by atoms with Crippen molar-refractivity contribution in [2.75, 3.05) is 26.3 Å². The molecule has 2 atom stereocenters. The van der Waals surface area contributed by atoms with Gasteiger partial charge in [0, 0.05) is 31.5 Å². The first kappa shape index (κ1) is 14.4. The van der Waals surface area contributed by atoms with Gasteiger partial charge in [-0.3, -0.25) is 9.69 Å². The maximum Gasteiger partial charge on any atom is 0.411 e. The smallest absolute Gasteiger partial charge is 0.371 e. The first-order valence-electron chi connectivity index (χ1n) is 5.72. The van der Waals surface area contributed by atoms with Crippen molar-refractivity contribution < 1.29 is 22.7 Å². The van der Waals surface area contributed by atoms with Gasteiger partial charge in [-0.2, -0.15) is 13.2 Å². The first-order valence-corrected chi connectivity index (χ1v) is 5.72. The van der Waals surface area contributed by atoms with Gasteiger partial charge in [-0.1, -0.05) is 6.92 Å². The molecule has 1 aliphatic rings. The van der Waals surface area contributed by atoms with Crippen molar-refractivity contribution in [1.82, 2.24) is 4.90 Å². The number of likely N-dealkylation sites (tertiary alicyclic amines) is 1. The number of rotatable bonds is 4. The number of piperidine rings is 1. The molecule has 2 unspecified atom stereocenters. The molecule has 0 aliphatic carbocycles. The van der Waals surface area contributed by atoms with Gasteiger partial charge in [0.05, 0.1) is 6.61 Å². The van der Waals surface area contributed by atoms with Crippen LogP contribution in [0.4, 0.5) is 13.2 Å². The largest absolute Gasteiger partial charge is 0.411 e. The molecule has 17 heavy (non-hydrogen) atoms. The van der Waals surface area contributed by atoms with Crippen LogP contribution in [0.1, 0.15) is 20.3 Å². The number of carbonyl (C=O) groups is 1. The van der Waals surface area contributed by atoms with Crippen LogP contribution in [0.5, 0.6) is 0 Å². The highest BCUT2D eigenvalue weighted by molar-refractivity contribution is 5.82. The molecule has 0 bridgehead atoms. The molecule has 0 N–H and O–H groups in total. The van der Waals surface area contributed by atoms with Gasteiger partial charge in [0.25, 0.3) is 0 Å². The monoisotopic (exact) mass is 253 g/mol. The molecule has 0 spiro atoms. The van der Waals surface area contributed by atoms with Gasteiger partial charge in [0.15, 0.2) is 0 Å². The maximum atomic E-state index is 11.8. The zero-order chi connectivity index (χ0) is 13.1. The normalized spacial score (nSPS) is 27.5. The Hall–Kier alpha value is -0.620. The fourth-order valence-electron chi connectivity index (χ4n) is 1.96. The Morgan fingerprint density at radius 2 is 2.06 bits per heavy atom. The van der Waals surface area contributed by atoms with Gasteiger partial charge < -0.3 is 4.74 Å². The molecule has 0 aromatic carbocycles. The molecule has 0 aromatic heterocycles. The molecular formula is C11H18F3NO2. The van der Waals surface area contributed by atoms with Crippen LogP contribution in [-0.4, -0.2) is 49.2 Å². The van der Waals surface area contributed by atoms with Crippen LogP contribution in [0.15, 0.2) is 0 Å². The van der Waals surface area contributed by atoms with Crippen molar-refractivity contribution in [3.63, 3.8) is 0 Å². The van der Waals surface area contributed by atoms with E-state index in [0.29, 0.717) is 19.5 Å². The first-order chi connectivity index (χ1) is 7.81. The molecule has 0 saturated carbocycles. The molecule has 1 saturated heterocycles. The van der Waals surface area contributed by atoms with E-state index in [9.17, 15) is 18.0 Å². The lowest BCUT2D eigenvalue weighted by Gasteiger charge is -2.36. The zero-order valence-electron chi connectivity index (χ0n) is 10.1. The third kappa shape index (κ3) is 4.63. The van der Waals surface area contributed by atoms with E-state index in [1.54, 1.807) is 0 Å². The van der Waals surface area contributed by atoms with E-state index in [2.05, 4.69) is 4.74 Å². The van der Waals surface area contributed by atoms with E-state index in [1.165, 1.54) is 0 Å². The molecule has 1 heterocycles. The number of ether oxygens (including phenoxy) is 1. The highest BCUT2D eigenvalue weighted by atomic mass is 19.4. The summed E-state index contributed by atoms with van der Waals surface area (Å²) in [7, 11) is 0. The SMILES string of the molecule is CC1C(=O)CCN(CCOCC(F)(F)F)C1C. The van der Waals surface area contributed by atoms with Crippen LogP contribution in [0.3, 0.4) is 0 Å². The quantitative estimate of drug-likeness (QED) is 0.716. The number of nitrogens with zero attached hydrogens (tertiary/aromatic N) is 1. The van der Waals surface area contributed by atoms with Gasteiger partial charge in [-0.05, 0) is 6.92 Å². The molecule has 100 valence electrons. The van der Waals surface area contributed by atoms with Crippen molar-refractivity contribution >= 4 is 5.78 Å². The Bertz CT molecular complexity index is 268. The summed E-state index contributed by atoms with van der Waals surface area (Å²) in [5.74, 6) is 0.177. The number of ketones is 1. The second-order valence-corrected chi connectivity index (χ2v) is 4.45. The Kier molecular flexibility index (Phi) is 4.94. The Labute approximate surface area is 98.9 Å². The Morgan fingerprint density at radius 3 is 2.65 bits per heavy atom. The number of hydrogen-bond donors (Lipinski definition) is 0. The summed E-state index contributed by atoms with van der Waals surface area (Å²) >= 11 is 0. The molecule has 0 aromatic rings. The van der Waals surface area contributed by atoms with Gasteiger partial charge in [0.2, 0.25) is 0 Å². The van der Waals surface area contributed by atoms with E-state index < -0.39 is 12.8 Å². The van der Waals surface area contributed by atoms with E-state index in [-0.39, 0.29) is 24.3 Å². The lowest BCUT2D eigenvalue weighted by atomic mass is 9.91. The summed E-state index contributed by atoms with van der Waals surface area (Å²) in [6.45, 7) is 3.67. The molecule has 1 rings (SSSR count). The van der Waals surface area contributed by atoms with E-state index in [1.807, 2.05) is 18.7 Å². The second-order valence-electron chi connectivity index (χ2n) is 4.45. The minimum absolute atomic E-state index is 0.0464. The molecule has 0 radical (unpaired) electrons. The molecule has 1 aliphatic heterocycles. The van der Waals surface area contributed by atoms with Crippen LogP contribution in [0.25, 0.3) is 0 Å². The van der Waals surface area contributed by atoms with E-state index in [4.69, 9.17) is 0 Å². The van der Waals surface area contributed by atoms with Crippen molar-refractivity contribution in [2.24, 2.45) is 5.92 Å². The van der Waals surface area contributed by atoms with Gasteiger partial charge in [0.1, 0.15) is 12.4 Å². The van der Waals surface area contributed by atoms with Gasteiger partial charge in [-0.25, -0.2) is 0 Å². The lowest BCUT2D eigenvalue weighted by molar-refractivity contribution is -0.175. The number of carbonyl (C=O) groups excluding carboxylic acids is 1. The van der Waals surface area contributed by atoms with Crippen molar-refractivity contribution in [3.05, 3.63) is 0 Å². The molecule has 3 nitrogen and oxygen atoms in total. The lowest BCUT2D eigenvalue weighted by Crippen LogP contribution is -2.48. The topological polar surface area (TPSA) is 29.5 Å². The van der Waals surface area contributed by atoms with Crippen LogP contribution in [0, 0.1) is 5.92 Å². The summed E-state index contributed by atoms with van der Waals surface area (Å²) in [6, 6.07) is 0.0748. The van der Waals surface area contributed by atoms with E-state index in [0.717, 1.165) is 0 Å². The molecule has 6 heteroatoms. The third-order valence-corrected chi connectivity index (χ3v) is 3.24. The van der Waals surface area contributed by atoms with Gasteiger partial charge >= 0.3 is 6.18 Å². The standard InChI is InChI=1S/C11H18F3NO2/c1-8-9(2)15(4-3-10(8)16)5-6-17-7-11(12,13)14/h8-9H,3-7H2,1-2H3. The van der Waals surface area contributed by atoms with Crippen LogP contribution in [-0.2, 0) is 9.53 Å². The van der Waals surface area contributed by atoms with Crippen LogP contribution < -0.4 is 0 Å². The van der Waals surface area contributed by atoms with Crippen molar-refractivity contribution in [1.29, 1.82) is 0 Å². The Balaban J connectivity index is 2.26. The summed E-state index contributed by atoms with van der Waals surface area (Å²) in [5.41, 5.74) is 0. The highest BCUT2D eigenvalue weighted by Crippen LogP contribution is 2.20. The number of Topliss-reactive ketones (excluding diaryl/α,β-unsaturated/α-hetero) is 1. The van der Waals surface area contributed by atoms with Gasteiger partial charge in [-0.15, -0.1) is 0 Å². The second kappa shape index (κ2) is 5.82. The minimum Gasteiger partial charge on any atom is -0.371 e. The number of halogens is 3. The zero-order valence-corrected chi connectivity index (χ0v) is 10.1. The summed E-state index contributed by atoms with van der Waals surface area (Å²) < 4.78 is 40.0. The Morgan fingerprint density at radius 1 is 1.41 bits per heavy atom. The fraction of sp³-hybridized carbons (Fsp3) is 0.909. The third-order valence-electron chi connectivity index (χ3n) is 3.24. The van der Waals surface area contributed by atoms with Crippen molar-refractivity contribution in [3.8, 4) is 0 Å². The highest BCUT2D eigenvalue weighted by Gasteiger charge is 2.31. The minimum atomic E-state index is -4.27. The number of alkyl halides is 3. The molecule has 0 amide bonds. The summed E-state index contributed by atoms with van der Waals surface area (Å²) in [5, 5.41) is 0. The predicted octanol–water partition coefficient (Wildman–Crippen LogP) is 1.86. The van der Waals surface area contributed by atoms with Crippen molar-refractivity contribution in [2.45, 2.75) is 32.5 Å². The fourth-order valence-corrected chi connectivity index (χ4v) is 1.96. The maximum absolute atomic E-state index is 11.8. The summed E-state index contributed by atoms with van der Waals surface area (Å²) in [6.07, 6.45) is -3.79. The average molecular weight is 253 g/mol. The average Bonchev–Trinajstić information content (AvgIpc) is 2.22.